The van der Waals surface area contributed by atoms with Crippen LogP contribution in [0.15, 0.2) is 6.07 Å². The highest BCUT2D eigenvalue weighted by Gasteiger charge is 2.46. The van der Waals surface area contributed by atoms with Gasteiger partial charge in [-0.2, -0.15) is 5.26 Å². The van der Waals surface area contributed by atoms with Gasteiger partial charge in [0.15, 0.2) is 0 Å². The van der Waals surface area contributed by atoms with E-state index >= 15 is 0 Å². The Morgan fingerprint density at radius 2 is 2.07 bits per heavy atom. The molecule has 0 aliphatic heterocycles. The predicted octanol–water partition coefficient (Wildman–Crippen LogP) is 2.21. The molecule has 0 radical (unpaired) electrons. The maximum Gasteiger partial charge on any atom is 0.101 e. The Morgan fingerprint density at radius 3 is 2.53 bits per heavy atom. The van der Waals surface area contributed by atoms with E-state index in [4.69, 9.17) is 10.00 Å². The molecule has 0 bridgehead atoms. The van der Waals surface area contributed by atoms with E-state index in [-0.39, 0.29) is 5.60 Å². The number of nitrogens with zero attached hydrogens (tertiary/aromatic N) is 2. The van der Waals surface area contributed by atoms with Gasteiger partial charge < -0.3 is 4.74 Å². The van der Waals surface area contributed by atoms with Crippen molar-refractivity contribution in [1.29, 1.82) is 5.26 Å². The molecule has 0 saturated heterocycles. The largest absolute Gasteiger partial charge is 0.373 e. The summed E-state index contributed by atoms with van der Waals surface area (Å²) in [5.41, 5.74) is 3.35. The van der Waals surface area contributed by atoms with Crippen molar-refractivity contribution in [3.8, 4) is 6.07 Å². The van der Waals surface area contributed by atoms with Crippen LogP contribution in [0.3, 0.4) is 0 Å². The molecular formula is C12H14N2O. The lowest BCUT2D eigenvalue weighted by atomic mass is 10.0. The number of nitriles is 1. The number of aromatic nitrogens is 1. The summed E-state index contributed by atoms with van der Waals surface area (Å²) in [6, 6.07) is 4.09. The van der Waals surface area contributed by atoms with E-state index in [0.717, 1.165) is 29.8 Å². The molecule has 0 spiro atoms. The molecule has 2 rings (SSSR count). The standard InChI is InChI=1S/C12H14N2O/c1-8-10(7-13)6-11(9(2)14-8)12(15-3)4-5-12/h6H,4-5H2,1-3H3. The first-order chi connectivity index (χ1) is 7.13. The van der Waals surface area contributed by atoms with Crippen LogP contribution in [0.25, 0.3) is 0 Å². The van der Waals surface area contributed by atoms with E-state index in [9.17, 15) is 0 Å². The minimum Gasteiger partial charge on any atom is -0.373 e. The molecule has 1 aromatic heterocycles. The summed E-state index contributed by atoms with van der Waals surface area (Å²) in [6.45, 7) is 3.84. The first-order valence-corrected chi connectivity index (χ1v) is 5.07. The molecule has 3 heteroatoms. The molecule has 15 heavy (non-hydrogen) atoms. The van der Waals surface area contributed by atoms with Gasteiger partial charge in [0, 0.05) is 18.4 Å². The Kier molecular flexibility index (Phi) is 2.24. The SMILES string of the molecule is COC1(c2cc(C#N)c(C)nc2C)CC1. The predicted molar refractivity (Wildman–Crippen MR) is 56.3 cm³/mol. The van der Waals surface area contributed by atoms with Gasteiger partial charge in [0.1, 0.15) is 6.07 Å². The maximum atomic E-state index is 8.96. The summed E-state index contributed by atoms with van der Waals surface area (Å²) in [6.07, 6.45) is 2.06. The summed E-state index contributed by atoms with van der Waals surface area (Å²) in [5.74, 6) is 0. The number of pyridine rings is 1. The Bertz CT molecular complexity index is 442. The number of aryl methyl sites for hydroxylation is 2. The number of methoxy groups -OCH3 is 1. The van der Waals surface area contributed by atoms with Gasteiger partial charge in [0.05, 0.1) is 16.9 Å². The van der Waals surface area contributed by atoms with Crippen LogP contribution in [0.5, 0.6) is 0 Å². The normalized spacial score (nSPS) is 17.2. The minimum absolute atomic E-state index is 0.156. The second-order valence-corrected chi connectivity index (χ2v) is 4.06. The van der Waals surface area contributed by atoms with Crippen LogP contribution in [0.4, 0.5) is 0 Å². The minimum atomic E-state index is -0.156. The van der Waals surface area contributed by atoms with Crippen molar-refractivity contribution in [1.82, 2.24) is 4.98 Å². The Balaban J connectivity index is 2.54. The fourth-order valence-corrected chi connectivity index (χ4v) is 2.00. The van der Waals surface area contributed by atoms with E-state index < -0.39 is 0 Å². The van der Waals surface area contributed by atoms with Crippen molar-refractivity contribution in [3.63, 3.8) is 0 Å². The molecule has 3 nitrogen and oxygen atoms in total. The average Bonchev–Trinajstić information content (AvgIpc) is 2.99. The van der Waals surface area contributed by atoms with Crippen molar-refractivity contribution in [3.05, 3.63) is 28.6 Å². The van der Waals surface area contributed by atoms with Crippen LogP contribution >= 0.6 is 0 Å². The molecule has 1 aliphatic carbocycles. The highest BCUT2D eigenvalue weighted by atomic mass is 16.5. The van der Waals surface area contributed by atoms with Gasteiger partial charge >= 0.3 is 0 Å². The van der Waals surface area contributed by atoms with Gasteiger partial charge in [-0.25, -0.2) is 0 Å². The van der Waals surface area contributed by atoms with Gasteiger partial charge in [-0.3, -0.25) is 4.98 Å². The number of hydrogen-bond donors (Lipinski definition) is 0. The third-order valence-electron chi connectivity index (χ3n) is 3.11. The molecule has 1 saturated carbocycles. The molecule has 0 amide bonds. The smallest absolute Gasteiger partial charge is 0.101 e. The average molecular weight is 202 g/mol. The van der Waals surface area contributed by atoms with E-state index in [1.165, 1.54) is 0 Å². The molecule has 78 valence electrons. The van der Waals surface area contributed by atoms with E-state index in [1.54, 1.807) is 7.11 Å². The number of rotatable bonds is 2. The van der Waals surface area contributed by atoms with Crippen LogP contribution in [-0.4, -0.2) is 12.1 Å². The van der Waals surface area contributed by atoms with Crippen LogP contribution in [0, 0.1) is 25.2 Å². The van der Waals surface area contributed by atoms with Gasteiger partial charge in [-0.1, -0.05) is 0 Å². The third-order valence-corrected chi connectivity index (χ3v) is 3.11. The molecular weight excluding hydrogens is 188 g/mol. The van der Waals surface area contributed by atoms with Gasteiger partial charge in [0.25, 0.3) is 0 Å². The van der Waals surface area contributed by atoms with E-state index in [2.05, 4.69) is 11.1 Å². The molecule has 1 fully saturated rings. The summed E-state index contributed by atoms with van der Waals surface area (Å²) >= 11 is 0. The van der Waals surface area contributed by atoms with Crippen LogP contribution in [-0.2, 0) is 10.3 Å². The summed E-state index contributed by atoms with van der Waals surface area (Å²) in [5, 5.41) is 8.96. The fraction of sp³-hybridized carbons (Fsp3) is 0.500. The molecule has 0 atom stereocenters. The monoisotopic (exact) mass is 202 g/mol. The number of ether oxygens (including phenoxy) is 1. The Hall–Kier alpha value is -1.40. The van der Waals surface area contributed by atoms with Crippen molar-refractivity contribution in [2.45, 2.75) is 32.3 Å². The zero-order valence-corrected chi connectivity index (χ0v) is 9.29. The molecule has 0 unspecified atom stereocenters. The van der Waals surface area contributed by atoms with E-state index in [0.29, 0.717) is 5.56 Å². The topological polar surface area (TPSA) is 45.9 Å². The van der Waals surface area contributed by atoms with E-state index in [1.807, 2.05) is 19.9 Å². The maximum absolute atomic E-state index is 8.96. The fourth-order valence-electron chi connectivity index (χ4n) is 2.00. The van der Waals surface area contributed by atoms with Gasteiger partial charge in [-0.15, -0.1) is 0 Å². The van der Waals surface area contributed by atoms with Crippen molar-refractivity contribution >= 4 is 0 Å². The summed E-state index contributed by atoms with van der Waals surface area (Å²) in [4.78, 5) is 4.40. The third kappa shape index (κ3) is 1.51. The van der Waals surface area contributed by atoms with Gasteiger partial charge in [-0.05, 0) is 32.8 Å². The lowest BCUT2D eigenvalue weighted by Crippen LogP contribution is -2.13. The summed E-state index contributed by atoms with van der Waals surface area (Å²) < 4.78 is 5.51. The van der Waals surface area contributed by atoms with Gasteiger partial charge in [0.2, 0.25) is 0 Å². The molecule has 1 aliphatic rings. The molecule has 0 N–H and O–H groups in total. The first-order valence-electron chi connectivity index (χ1n) is 5.07. The highest BCUT2D eigenvalue weighted by Crippen LogP contribution is 2.49. The summed E-state index contributed by atoms with van der Waals surface area (Å²) in [7, 11) is 1.72. The lowest BCUT2D eigenvalue weighted by Gasteiger charge is -2.16. The highest BCUT2D eigenvalue weighted by molar-refractivity contribution is 5.42. The second kappa shape index (κ2) is 3.32. The second-order valence-electron chi connectivity index (χ2n) is 4.06. The van der Waals surface area contributed by atoms with Crippen LogP contribution in [0.2, 0.25) is 0 Å². The van der Waals surface area contributed by atoms with Crippen LogP contribution < -0.4 is 0 Å². The number of hydrogen-bond acceptors (Lipinski definition) is 3. The first kappa shape index (κ1) is 10.1. The van der Waals surface area contributed by atoms with Crippen LogP contribution in [0.1, 0.15) is 35.4 Å². The molecule has 1 heterocycles. The van der Waals surface area contributed by atoms with Crippen molar-refractivity contribution in [2.75, 3.05) is 7.11 Å². The molecule has 1 aromatic rings. The van der Waals surface area contributed by atoms with Crippen molar-refractivity contribution in [2.24, 2.45) is 0 Å². The molecule has 0 aromatic carbocycles. The zero-order valence-electron chi connectivity index (χ0n) is 9.29. The quantitative estimate of drug-likeness (QED) is 0.738. The zero-order chi connectivity index (χ0) is 11.1. The lowest BCUT2D eigenvalue weighted by molar-refractivity contribution is 0.0780. The Morgan fingerprint density at radius 1 is 1.40 bits per heavy atom. The Labute approximate surface area is 89.7 Å². The van der Waals surface area contributed by atoms with Crippen molar-refractivity contribution < 1.29 is 4.74 Å².